The lowest BCUT2D eigenvalue weighted by molar-refractivity contribution is -0.137. The molecule has 1 aromatic heterocycles. The number of amides is 1. The Kier molecular flexibility index (Phi) is 6.39. The molecule has 2 aromatic rings. The molecule has 0 aliphatic rings. The highest BCUT2D eigenvalue weighted by atomic mass is 32.1. The molecule has 2 N–H and O–H groups in total. The number of alkyl halides is 3. The van der Waals surface area contributed by atoms with Crippen LogP contribution < -0.4 is 10.6 Å². The van der Waals surface area contributed by atoms with Gasteiger partial charge in [0.25, 0.3) is 0 Å². The Labute approximate surface area is 142 Å². The predicted octanol–water partition coefficient (Wildman–Crippen LogP) is 4.32. The zero-order chi connectivity index (χ0) is 17.6. The summed E-state index contributed by atoms with van der Waals surface area (Å²) in [5.74, 6) is -0.442. The van der Waals surface area contributed by atoms with E-state index in [1.165, 1.54) is 23.8 Å². The molecule has 0 saturated heterocycles. The standard InChI is InChI=1S/C17H19F3N2OS/c1-12(21-8-6-13-7-9-24-11-13)10-16(23)22-15-5-3-2-4-14(15)17(18,19)20/h2-5,7,9,11-12,21H,6,8,10H2,1H3,(H,22,23). The van der Waals surface area contributed by atoms with Crippen LogP contribution in [0.1, 0.15) is 24.5 Å². The Morgan fingerprint density at radius 1 is 1.25 bits per heavy atom. The molecule has 0 aliphatic carbocycles. The molecule has 0 spiro atoms. The summed E-state index contributed by atoms with van der Waals surface area (Å²) in [6, 6.07) is 6.90. The molecule has 1 aromatic carbocycles. The largest absolute Gasteiger partial charge is 0.418 e. The number of thiophene rings is 1. The molecular weight excluding hydrogens is 337 g/mol. The summed E-state index contributed by atoms with van der Waals surface area (Å²) in [4.78, 5) is 12.0. The van der Waals surface area contributed by atoms with Gasteiger partial charge in [-0.3, -0.25) is 4.79 Å². The van der Waals surface area contributed by atoms with E-state index in [1.54, 1.807) is 11.3 Å². The third kappa shape index (κ3) is 5.65. The van der Waals surface area contributed by atoms with E-state index in [0.717, 1.165) is 12.5 Å². The first kappa shape index (κ1) is 18.5. The smallest absolute Gasteiger partial charge is 0.325 e. The maximum Gasteiger partial charge on any atom is 0.418 e. The molecule has 0 radical (unpaired) electrons. The normalized spacial score (nSPS) is 12.8. The number of carbonyl (C=O) groups is 1. The molecular formula is C17H19F3N2OS. The van der Waals surface area contributed by atoms with E-state index < -0.39 is 17.6 Å². The minimum Gasteiger partial charge on any atom is -0.325 e. The van der Waals surface area contributed by atoms with Crippen molar-refractivity contribution in [2.75, 3.05) is 11.9 Å². The molecule has 7 heteroatoms. The second-order valence-electron chi connectivity index (χ2n) is 5.53. The number of benzene rings is 1. The zero-order valence-corrected chi connectivity index (χ0v) is 14.0. The lowest BCUT2D eigenvalue weighted by Gasteiger charge is -2.16. The van der Waals surface area contributed by atoms with Crippen LogP contribution in [-0.2, 0) is 17.4 Å². The minimum atomic E-state index is -4.49. The van der Waals surface area contributed by atoms with E-state index in [4.69, 9.17) is 0 Å². The van der Waals surface area contributed by atoms with Gasteiger partial charge in [0, 0.05) is 12.5 Å². The van der Waals surface area contributed by atoms with Crippen molar-refractivity contribution in [2.24, 2.45) is 0 Å². The van der Waals surface area contributed by atoms with Gasteiger partial charge in [-0.05, 0) is 54.4 Å². The average molecular weight is 356 g/mol. The summed E-state index contributed by atoms with van der Waals surface area (Å²) in [6.45, 7) is 2.55. The van der Waals surface area contributed by atoms with Gasteiger partial charge in [0.05, 0.1) is 11.3 Å². The van der Waals surface area contributed by atoms with Crippen LogP contribution in [0.15, 0.2) is 41.1 Å². The van der Waals surface area contributed by atoms with Gasteiger partial charge in [0.1, 0.15) is 0 Å². The van der Waals surface area contributed by atoms with Crippen LogP contribution >= 0.6 is 11.3 Å². The van der Waals surface area contributed by atoms with E-state index in [-0.39, 0.29) is 18.2 Å². The summed E-state index contributed by atoms with van der Waals surface area (Å²) >= 11 is 1.63. The fourth-order valence-electron chi connectivity index (χ4n) is 2.29. The molecule has 24 heavy (non-hydrogen) atoms. The number of anilines is 1. The Hall–Kier alpha value is -1.86. The van der Waals surface area contributed by atoms with Crippen molar-refractivity contribution in [3.8, 4) is 0 Å². The fraction of sp³-hybridized carbons (Fsp3) is 0.353. The van der Waals surface area contributed by atoms with Crippen molar-refractivity contribution in [2.45, 2.75) is 32.0 Å². The first-order valence-electron chi connectivity index (χ1n) is 7.57. The number of hydrogen-bond acceptors (Lipinski definition) is 3. The Morgan fingerprint density at radius 3 is 2.67 bits per heavy atom. The molecule has 0 bridgehead atoms. The highest BCUT2D eigenvalue weighted by molar-refractivity contribution is 7.07. The monoisotopic (exact) mass is 356 g/mol. The number of para-hydroxylation sites is 1. The third-order valence-corrected chi connectivity index (χ3v) is 4.22. The predicted molar refractivity (Wildman–Crippen MR) is 90.2 cm³/mol. The van der Waals surface area contributed by atoms with Crippen molar-refractivity contribution < 1.29 is 18.0 Å². The molecule has 1 unspecified atom stereocenters. The van der Waals surface area contributed by atoms with Gasteiger partial charge in [-0.25, -0.2) is 0 Å². The van der Waals surface area contributed by atoms with Crippen LogP contribution in [0.5, 0.6) is 0 Å². The number of halogens is 3. The molecule has 0 saturated carbocycles. The van der Waals surface area contributed by atoms with E-state index >= 15 is 0 Å². The van der Waals surface area contributed by atoms with Gasteiger partial charge < -0.3 is 10.6 Å². The van der Waals surface area contributed by atoms with Gasteiger partial charge in [-0.2, -0.15) is 24.5 Å². The quantitative estimate of drug-likeness (QED) is 0.776. The molecule has 0 aliphatic heterocycles. The summed E-state index contributed by atoms with van der Waals surface area (Å²) < 4.78 is 38.7. The zero-order valence-electron chi connectivity index (χ0n) is 13.2. The molecule has 2 rings (SSSR count). The number of rotatable bonds is 7. The van der Waals surface area contributed by atoms with Crippen molar-refractivity contribution in [3.63, 3.8) is 0 Å². The van der Waals surface area contributed by atoms with Crippen LogP contribution in [0.4, 0.5) is 18.9 Å². The molecule has 1 atom stereocenters. The summed E-state index contributed by atoms with van der Waals surface area (Å²) in [7, 11) is 0. The van der Waals surface area contributed by atoms with E-state index in [1.807, 2.05) is 18.4 Å². The second-order valence-corrected chi connectivity index (χ2v) is 6.31. The third-order valence-electron chi connectivity index (χ3n) is 3.48. The molecule has 1 amide bonds. The summed E-state index contributed by atoms with van der Waals surface area (Å²) in [6.07, 6.45) is -3.53. The van der Waals surface area contributed by atoms with Crippen LogP contribution in [0.2, 0.25) is 0 Å². The van der Waals surface area contributed by atoms with Crippen molar-refractivity contribution in [1.82, 2.24) is 5.32 Å². The Balaban J connectivity index is 1.82. The lowest BCUT2D eigenvalue weighted by Crippen LogP contribution is -2.32. The van der Waals surface area contributed by atoms with Gasteiger partial charge in [-0.15, -0.1) is 0 Å². The fourth-order valence-corrected chi connectivity index (χ4v) is 2.99. The van der Waals surface area contributed by atoms with Crippen molar-refractivity contribution in [1.29, 1.82) is 0 Å². The highest BCUT2D eigenvalue weighted by Crippen LogP contribution is 2.34. The van der Waals surface area contributed by atoms with Gasteiger partial charge in [0.2, 0.25) is 5.91 Å². The van der Waals surface area contributed by atoms with Gasteiger partial charge in [0.15, 0.2) is 0 Å². The summed E-state index contributed by atoms with van der Waals surface area (Å²) in [5, 5.41) is 9.63. The second kappa shape index (κ2) is 8.30. The minimum absolute atomic E-state index is 0.107. The van der Waals surface area contributed by atoms with Crippen molar-refractivity contribution >= 4 is 22.9 Å². The maximum absolute atomic E-state index is 12.9. The van der Waals surface area contributed by atoms with Crippen LogP contribution in [0.3, 0.4) is 0 Å². The highest BCUT2D eigenvalue weighted by Gasteiger charge is 2.33. The number of carbonyl (C=O) groups excluding carboxylic acids is 1. The molecule has 0 fully saturated rings. The van der Waals surface area contributed by atoms with Crippen LogP contribution in [0.25, 0.3) is 0 Å². The number of nitrogens with one attached hydrogen (secondary N) is 2. The lowest BCUT2D eigenvalue weighted by atomic mass is 10.1. The van der Waals surface area contributed by atoms with Crippen LogP contribution in [-0.4, -0.2) is 18.5 Å². The first-order chi connectivity index (χ1) is 11.4. The molecule has 3 nitrogen and oxygen atoms in total. The topological polar surface area (TPSA) is 41.1 Å². The van der Waals surface area contributed by atoms with E-state index in [2.05, 4.69) is 16.0 Å². The first-order valence-corrected chi connectivity index (χ1v) is 8.51. The number of hydrogen-bond donors (Lipinski definition) is 2. The molecule has 130 valence electrons. The van der Waals surface area contributed by atoms with Gasteiger partial charge in [-0.1, -0.05) is 12.1 Å². The van der Waals surface area contributed by atoms with Crippen LogP contribution in [0, 0.1) is 0 Å². The SMILES string of the molecule is CC(CC(=O)Nc1ccccc1C(F)(F)F)NCCc1ccsc1. The van der Waals surface area contributed by atoms with E-state index in [0.29, 0.717) is 6.54 Å². The Bertz CT molecular complexity index is 656. The van der Waals surface area contributed by atoms with Crippen molar-refractivity contribution in [3.05, 3.63) is 52.2 Å². The molecule has 1 heterocycles. The summed E-state index contributed by atoms with van der Waals surface area (Å²) in [5.41, 5.74) is 0.181. The average Bonchev–Trinajstić information content (AvgIpc) is 2.99. The Morgan fingerprint density at radius 2 is 2.00 bits per heavy atom. The van der Waals surface area contributed by atoms with Gasteiger partial charge >= 0.3 is 6.18 Å². The van der Waals surface area contributed by atoms with E-state index in [9.17, 15) is 18.0 Å². The maximum atomic E-state index is 12.9.